The Morgan fingerprint density at radius 1 is 1.53 bits per heavy atom. The van der Waals surface area contributed by atoms with Crippen molar-refractivity contribution in [2.24, 2.45) is 0 Å². The number of nitrogens with zero attached hydrogens (tertiary/aromatic N) is 2. The van der Waals surface area contributed by atoms with Crippen LogP contribution in [0.2, 0.25) is 0 Å². The van der Waals surface area contributed by atoms with E-state index in [0.29, 0.717) is 5.76 Å². The Labute approximate surface area is 102 Å². The molecule has 0 fully saturated rings. The number of hydrogen-bond donors (Lipinski definition) is 2. The van der Waals surface area contributed by atoms with Crippen LogP contribution in [0.4, 0.5) is 5.13 Å². The Kier molecular flexibility index (Phi) is 3.13. The summed E-state index contributed by atoms with van der Waals surface area (Å²) in [5, 5.41) is 7.05. The highest BCUT2D eigenvalue weighted by atomic mass is 32.2. The first-order valence-corrected chi connectivity index (χ1v) is 6.94. The molecule has 92 valence electrons. The molecule has 0 saturated carbocycles. The molecule has 9 heteroatoms. The fourth-order valence-electron chi connectivity index (χ4n) is 1.21. The average Bonchev–Trinajstić information content (AvgIpc) is 2.86. The van der Waals surface area contributed by atoms with Crippen LogP contribution in [0.25, 0.3) is 0 Å². The summed E-state index contributed by atoms with van der Waals surface area (Å²) in [5.74, 6) is 0.520. The van der Waals surface area contributed by atoms with Gasteiger partial charge >= 0.3 is 0 Å². The number of furan rings is 1. The van der Waals surface area contributed by atoms with Crippen LogP contribution in [0, 0.1) is 0 Å². The van der Waals surface area contributed by atoms with Crippen LogP contribution in [-0.4, -0.2) is 18.6 Å². The number of aromatic nitrogens is 2. The van der Waals surface area contributed by atoms with Gasteiger partial charge in [0.1, 0.15) is 5.76 Å². The van der Waals surface area contributed by atoms with E-state index in [1.807, 2.05) is 0 Å². The monoisotopic (exact) mass is 274 g/mol. The van der Waals surface area contributed by atoms with Gasteiger partial charge in [0, 0.05) is 0 Å². The van der Waals surface area contributed by atoms with E-state index in [-0.39, 0.29) is 9.47 Å². The van der Waals surface area contributed by atoms with E-state index < -0.39 is 16.1 Å². The third-order valence-electron chi connectivity index (χ3n) is 1.95. The van der Waals surface area contributed by atoms with Crippen molar-refractivity contribution in [3.05, 3.63) is 24.2 Å². The van der Waals surface area contributed by atoms with Gasteiger partial charge in [-0.1, -0.05) is 11.3 Å². The van der Waals surface area contributed by atoms with Gasteiger partial charge in [-0.05, 0) is 19.1 Å². The molecular weight excluding hydrogens is 264 g/mol. The van der Waals surface area contributed by atoms with E-state index in [1.165, 1.54) is 6.26 Å². The standard InChI is InChI=1S/C8H10N4O3S2/c1-5(6-3-2-4-15-6)12-17(13,14)8-11-10-7(9)16-8/h2-5,12H,1H3,(H2,9,10). The maximum atomic E-state index is 11.9. The predicted octanol–water partition coefficient (Wildman–Crippen LogP) is 0.753. The second-order valence-electron chi connectivity index (χ2n) is 3.26. The third kappa shape index (κ3) is 2.62. The molecule has 2 heterocycles. The van der Waals surface area contributed by atoms with E-state index >= 15 is 0 Å². The molecule has 0 bridgehead atoms. The molecule has 0 aliphatic heterocycles. The van der Waals surface area contributed by atoms with Crippen LogP contribution in [0.1, 0.15) is 18.7 Å². The molecule has 2 rings (SSSR count). The lowest BCUT2D eigenvalue weighted by Crippen LogP contribution is -2.26. The minimum atomic E-state index is -3.71. The van der Waals surface area contributed by atoms with E-state index in [9.17, 15) is 8.42 Å². The zero-order chi connectivity index (χ0) is 12.5. The van der Waals surface area contributed by atoms with Gasteiger partial charge in [-0.3, -0.25) is 0 Å². The number of hydrogen-bond acceptors (Lipinski definition) is 7. The van der Waals surface area contributed by atoms with Gasteiger partial charge in [0.05, 0.1) is 12.3 Å². The smallest absolute Gasteiger partial charge is 0.270 e. The molecule has 0 spiro atoms. The number of nitrogens with one attached hydrogen (secondary N) is 1. The van der Waals surface area contributed by atoms with Crippen LogP contribution in [0.3, 0.4) is 0 Å². The predicted molar refractivity (Wildman–Crippen MR) is 61.8 cm³/mol. The van der Waals surface area contributed by atoms with Crippen molar-refractivity contribution in [1.29, 1.82) is 0 Å². The normalized spacial score (nSPS) is 13.7. The van der Waals surface area contributed by atoms with Gasteiger partial charge in [-0.2, -0.15) is 4.72 Å². The Morgan fingerprint density at radius 3 is 2.82 bits per heavy atom. The van der Waals surface area contributed by atoms with Gasteiger partial charge in [0.25, 0.3) is 10.0 Å². The van der Waals surface area contributed by atoms with Crippen molar-refractivity contribution >= 4 is 26.5 Å². The van der Waals surface area contributed by atoms with E-state index in [0.717, 1.165) is 11.3 Å². The molecule has 0 amide bonds. The maximum absolute atomic E-state index is 11.9. The second kappa shape index (κ2) is 4.43. The summed E-state index contributed by atoms with van der Waals surface area (Å²) in [4.78, 5) is 0. The molecule has 0 radical (unpaired) electrons. The largest absolute Gasteiger partial charge is 0.468 e. The topological polar surface area (TPSA) is 111 Å². The third-order valence-corrected chi connectivity index (χ3v) is 4.61. The number of nitrogen functional groups attached to an aromatic ring is 1. The number of nitrogens with two attached hydrogens (primary N) is 1. The summed E-state index contributed by atoms with van der Waals surface area (Å²) in [6.07, 6.45) is 1.48. The molecule has 0 aliphatic rings. The highest BCUT2D eigenvalue weighted by Crippen LogP contribution is 2.20. The quantitative estimate of drug-likeness (QED) is 0.851. The molecule has 0 saturated heterocycles. The summed E-state index contributed by atoms with van der Waals surface area (Å²) >= 11 is 0.808. The summed E-state index contributed by atoms with van der Waals surface area (Å²) in [5.41, 5.74) is 5.33. The van der Waals surface area contributed by atoms with Crippen molar-refractivity contribution in [3.63, 3.8) is 0 Å². The van der Waals surface area contributed by atoms with Crippen molar-refractivity contribution in [3.8, 4) is 0 Å². The number of sulfonamides is 1. The van der Waals surface area contributed by atoms with Crippen LogP contribution in [-0.2, 0) is 10.0 Å². The van der Waals surface area contributed by atoms with E-state index in [2.05, 4.69) is 14.9 Å². The van der Waals surface area contributed by atoms with Crippen molar-refractivity contribution < 1.29 is 12.8 Å². The minimum absolute atomic E-state index is 0.107. The molecule has 3 N–H and O–H groups in total. The van der Waals surface area contributed by atoms with Gasteiger partial charge in [0.15, 0.2) is 0 Å². The molecule has 0 aromatic carbocycles. The average molecular weight is 274 g/mol. The molecular formula is C8H10N4O3S2. The first kappa shape index (κ1) is 12.0. The van der Waals surface area contributed by atoms with Crippen molar-refractivity contribution in [2.75, 3.05) is 5.73 Å². The SMILES string of the molecule is CC(NS(=O)(=O)c1nnc(N)s1)c1ccco1. The fourth-order valence-corrected chi connectivity index (χ4v) is 3.22. The molecule has 17 heavy (non-hydrogen) atoms. The highest BCUT2D eigenvalue weighted by molar-refractivity contribution is 7.91. The number of anilines is 1. The zero-order valence-corrected chi connectivity index (χ0v) is 10.5. The van der Waals surface area contributed by atoms with Gasteiger partial charge in [0.2, 0.25) is 9.47 Å². The minimum Gasteiger partial charge on any atom is -0.468 e. The van der Waals surface area contributed by atoms with Gasteiger partial charge in [-0.15, -0.1) is 10.2 Å². The molecule has 0 aliphatic carbocycles. The van der Waals surface area contributed by atoms with Crippen LogP contribution in [0.15, 0.2) is 27.2 Å². The molecule has 2 aromatic heterocycles. The molecule has 1 unspecified atom stereocenters. The lowest BCUT2D eigenvalue weighted by atomic mass is 10.3. The van der Waals surface area contributed by atoms with E-state index in [1.54, 1.807) is 19.1 Å². The first-order chi connectivity index (χ1) is 7.99. The fraction of sp³-hybridized carbons (Fsp3) is 0.250. The summed E-state index contributed by atoms with van der Waals surface area (Å²) in [7, 11) is -3.71. The first-order valence-electron chi connectivity index (χ1n) is 4.64. The van der Waals surface area contributed by atoms with Crippen LogP contribution >= 0.6 is 11.3 Å². The Morgan fingerprint density at radius 2 is 2.29 bits per heavy atom. The summed E-state index contributed by atoms with van der Waals surface area (Å²) in [6, 6.07) is 2.88. The van der Waals surface area contributed by atoms with Crippen LogP contribution in [0.5, 0.6) is 0 Å². The highest BCUT2D eigenvalue weighted by Gasteiger charge is 2.23. The molecule has 7 nitrogen and oxygen atoms in total. The Balaban J connectivity index is 2.18. The van der Waals surface area contributed by atoms with Crippen molar-refractivity contribution in [2.45, 2.75) is 17.3 Å². The Bertz CT molecular complexity index is 590. The summed E-state index contributed by atoms with van der Waals surface area (Å²) in [6.45, 7) is 1.67. The second-order valence-corrected chi connectivity index (χ2v) is 6.16. The number of rotatable bonds is 4. The lowest BCUT2D eigenvalue weighted by molar-refractivity contribution is 0.459. The van der Waals surface area contributed by atoms with E-state index in [4.69, 9.17) is 10.2 Å². The molecule has 1 atom stereocenters. The van der Waals surface area contributed by atoms with Crippen molar-refractivity contribution in [1.82, 2.24) is 14.9 Å². The lowest BCUT2D eigenvalue weighted by Gasteiger charge is -2.09. The molecule has 2 aromatic rings. The maximum Gasteiger partial charge on any atom is 0.270 e. The summed E-state index contributed by atoms with van der Waals surface area (Å²) < 4.78 is 31.1. The van der Waals surface area contributed by atoms with Crippen LogP contribution < -0.4 is 10.5 Å². The van der Waals surface area contributed by atoms with Gasteiger partial charge < -0.3 is 10.2 Å². The Hall–Kier alpha value is -1.45. The zero-order valence-electron chi connectivity index (χ0n) is 8.82. The van der Waals surface area contributed by atoms with Gasteiger partial charge in [-0.25, -0.2) is 8.42 Å².